The minimum atomic E-state index is -3.78. The van der Waals surface area contributed by atoms with E-state index in [0.29, 0.717) is 17.1 Å². The zero-order valence-corrected chi connectivity index (χ0v) is 15.2. The van der Waals surface area contributed by atoms with Gasteiger partial charge in [-0.25, -0.2) is 18.2 Å². The lowest BCUT2D eigenvalue weighted by Crippen LogP contribution is -2.13. The standard InChI is InChI=1S/C17H17N5O4S/c1-26-11-15-16(17(23)22(21-15)13-5-3-2-4-6-13)20-19-12-7-9-14(10-8-12)27(18,24)25/h2-10,21H,11H2,1H3,(H2,18,24,25). The first kappa shape index (κ1) is 18.7. The van der Waals surface area contributed by atoms with Crippen LogP contribution in [-0.2, 0) is 21.4 Å². The molecule has 140 valence electrons. The van der Waals surface area contributed by atoms with E-state index in [4.69, 9.17) is 9.88 Å². The van der Waals surface area contributed by atoms with Gasteiger partial charge in [0.15, 0.2) is 5.69 Å². The fourth-order valence-corrected chi connectivity index (χ4v) is 2.91. The van der Waals surface area contributed by atoms with Crippen LogP contribution in [0.1, 0.15) is 5.69 Å². The molecule has 0 bridgehead atoms. The van der Waals surface area contributed by atoms with E-state index in [0.717, 1.165) is 0 Å². The van der Waals surface area contributed by atoms with E-state index in [2.05, 4.69) is 15.3 Å². The fraction of sp³-hybridized carbons (Fsp3) is 0.118. The van der Waals surface area contributed by atoms with E-state index in [1.54, 1.807) is 12.1 Å². The summed E-state index contributed by atoms with van der Waals surface area (Å²) in [6.45, 7) is 0.147. The molecule has 0 atom stereocenters. The van der Waals surface area contributed by atoms with Crippen molar-refractivity contribution >= 4 is 21.4 Å². The largest absolute Gasteiger partial charge is 0.378 e. The van der Waals surface area contributed by atoms with Crippen LogP contribution >= 0.6 is 0 Å². The Morgan fingerprint density at radius 1 is 1.07 bits per heavy atom. The van der Waals surface area contributed by atoms with E-state index >= 15 is 0 Å². The molecule has 0 unspecified atom stereocenters. The molecule has 10 heteroatoms. The number of rotatable bonds is 6. The monoisotopic (exact) mass is 387 g/mol. The summed E-state index contributed by atoms with van der Waals surface area (Å²) < 4.78 is 29.0. The van der Waals surface area contributed by atoms with Crippen LogP contribution in [0.3, 0.4) is 0 Å². The molecule has 9 nitrogen and oxygen atoms in total. The molecular weight excluding hydrogens is 370 g/mol. The molecule has 0 aliphatic carbocycles. The number of hydrogen-bond acceptors (Lipinski definition) is 6. The van der Waals surface area contributed by atoms with Crippen molar-refractivity contribution in [2.24, 2.45) is 15.4 Å². The number of H-pyrrole nitrogens is 1. The smallest absolute Gasteiger partial charge is 0.299 e. The van der Waals surface area contributed by atoms with Crippen molar-refractivity contribution in [1.82, 2.24) is 9.78 Å². The number of sulfonamides is 1. The highest BCUT2D eigenvalue weighted by Crippen LogP contribution is 2.21. The summed E-state index contributed by atoms with van der Waals surface area (Å²) in [4.78, 5) is 12.7. The lowest BCUT2D eigenvalue weighted by Gasteiger charge is -2.00. The third-order valence-corrected chi connectivity index (χ3v) is 4.60. The average Bonchev–Trinajstić information content (AvgIpc) is 2.96. The van der Waals surface area contributed by atoms with Gasteiger partial charge in [0.1, 0.15) is 0 Å². The molecule has 0 saturated carbocycles. The molecule has 0 aliphatic rings. The minimum absolute atomic E-state index is 0.0328. The Labute approximate surface area is 155 Å². The van der Waals surface area contributed by atoms with Gasteiger partial charge >= 0.3 is 0 Å². The van der Waals surface area contributed by atoms with E-state index < -0.39 is 10.0 Å². The number of benzene rings is 2. The first-order chi connectivity index (χ1) is 12.9. The zero-order chi connectivity index (χ0) is 19.4. The number of nitrogens with zero attached hydrogens (tertiary/aromatic N) is 3. The molecule has 3 aromatic rings. The fourth-order valence-electron chi connectivity index (χ4n) is 2.39. The molecule has 3 N–H and O–H groups in total. The average molecular weight is 387 g/mol. The number of para-hydroxylation sites is 1. The predicted molar refractivity (Wildman–Crippen MR) is 99.1 cm³/mol. The Morgan fingerprint density at radius 2 is 1.74 bits per heavy atom. The highest BCUT2D eigenvalue weighted by Gasteiger charge is 2.15. The SMILES string of the molecule is COCc1[nH]n(-c2ccccc2)c(=O)c1N=Nc1ccc(S(N)(=O)=O)cc1. The van der Waals surface area contributed by atoms with Gasteiger partial charge < -0.3 is 4.74 Å². The van der Waals surface area contributed by atoms with Crippen molar-refractivity contribution in [2.75, 3.05) is 7.11 Å². The molecule has 0 amide bonds. The van der Waals surface area contributed by atoms with Gasteiger partial charge in [0, 0.05) is 7.11 Å². The normalized spacial score (nSPS) is 11.9. The first-order valence-electron chi connectivity index (χ1n) is 7.83. The van der Waals surface area contributed by atoms with Crippen LogP contribution in [0.25, 0.3) is 5.69 Å². The molecule has 2 aromatic carbocycles. The van der Waals surface area contributed by atoms with Gasteiger partial charge in [0.25, 0.3) is 5.56 Å². The Hall–Kier alpha value is -3.08. The molecule has 27 heavy (non-hydrogen) atoms. The Balaban J connectivity index is 1.97. The number of hydrogen-bond donors (Lipinski definition) is 2. The van der Waals surface area contributed by atoms with Crippen LogP contribution in [-0.4, -0.2) is 25.3 Å². The quantitative estimate of drug-likeness (QED) is 0.628. The number of aromatic nitrogens is 2. The molecule has 0 fully saturated rings. The number of methoxy groups -OCH3 is 1. The van der Waals surface area contributed by atoms with Crippen LogP contribution in [0.2, 0.25) is 0 Å². The summed E-state index contributed by atoms with van der Waals surface area (Å²) in [6.07, 6.45) is 0. The van der Waals surface area contributed by atoms with Crippen LogP contribution in [0.5, 0.6) is 0 Å². The van der Waals surface area contributed by atoms with Gasteiger partial charge in [-0.15, -0.1) is 5.11 Å². The topological polar surface area (TPSA) is 132 Å². The second-order valence-corrected chi connectivity index (χ2v) is 7.15. The summed E-state index contributed by atoms with van der Waals surface area (Å²) in [5, 5.41) is 16.1. The van der Waals surface area contributed by atoms with E-state index in [9.17, 15) is 13.2 Å². The maximum absolute atomic E-state index is 12.7. The summed E-state index contributed by atoms with van der Waals surface area (Å²) in [5.41, 5.74) is 1.22. The minimum Gasteiger partial charge on any atom is -0.378 e. The van der Waals surface area contributed by atoms with Crippen molar-refractivity contribution in [3.05, 3.63) is 70.6 Å². The van der Waals surface area contributed by atoms with Gasteiger partial charge in [-0.05, 0) is 36.4 Å². The summed E-state index contributed by atoms with van der Waals surface area (Å²) in [5.74, 6) is 0. The van der Waals surface area contributed by atoms with Gasteiger partial charge in [-0.3, -0.25) is 9.89 Å². The number of azo groups is 1. The van der Waals surface area contributed by atoms with E-state index in [-0.39, 0.29) is 22.7 Å². The molecule has 0 radical (unpaired) electrons. The molecule has 0 spiro atoms. The zero-order valence-electron chi connectivity index (χ0n) is 14.4. The van der Waals surface area contributed by atoms with Crippen molar-refractivity contribution in [2.45, 2.75) is 11.5 Å². The number of ether oxygens (including phenoxy) is 1. The molecule has 1 heterocycles. The third-order valence-electron chi connectivity index (χ3n) is 3.67. The molecule has 1 aromatic heterocycles. The molecule has 0 saturated heterocycles. The maximum Gasteiger partial charge on any atom is 0.299 e. The number of aromatic amines is 1. The van der Waals surface area contributed by atoms with E-state index in [1.165, 1.54) is 36.1 Å². The second-order valence-electron chi connectivity index (χ2n) is 5.59. The first-order valence-corrected chi connectivity index (χ1v) is 9.37. The van der Waals surface area contributed by atoms with Crippen LogP contribution in [0.15, 0.2) is 74.5 Å². The molecule has 0 aliphatic heterocycles. The van der Waals surface area contributed by atoms with Crippen molar-refractivity contribution < 1.29 is 13.2 Å². The lowest BCUT2D eigenvalue weighted by molar-refractivity contribution is 0.181. The Morgan fingerprint density at radius 3 is 2.33 bits per heavy atom. The molecule has 3 rings (SSSR count). The number of nitrogens with two attached hydrogens (primary N) is 1. The van der Waals surface area contributed by atoms with Gasteiger partial charge in [-0.1, -0.05) is 18.2 Å². The maximum atomic E-state index is 12.7. The van der Waals surface area contributed by atoms with E-state index in [1.807, 2.05) is 18.2 Å². The predicted octanol–water partition coefficient (Wildman–Crippen LogP) is 2.37. The van der Waals surface area contributed by atoms with Crippen molar-refractivity contribution in [1.29, 1.82) is 0 Å². The van der Waals surface area contributed by atoms with Gasteiger partial charge in [0.2, 0.25) is 10.0 Å². The summed E-state index contributed by atoms with van der Waals surface area (Å²) >= 11 is 0. The van der Waals surface area contributed by atoms with Crippen LogP contribution < -0.4 is 10.7 Å². The van der Waals surface area contributed by atoms with Crippen molar-refractivity contribution in [3.8, 4) is 5.69 Å². The number of primary sulfonamides is 1. The van der Waals surface area contributed by atoms with Gasteiger partial charge in [-0.2, -0.15) is 5.11 Å². The third kappa shape index (κ3) is 4.19. The highest BCUT2D eigenvalue weighted by atomic mass is 32.2. The summed E-state index contributed by atoms with van der Waals surface area (Å²) in [6, 6.07) is 14.6. The second kappa shape index (κ2) is 7.66. The molecular formula is C17H17N5O4S. The lowest BCUT2D eigenvalue weighted by atomic mass is 10.3. The van der Waals surface area contributed by atoms with Crippen LogP contribution in [0, 0.1) is 0 Å². The van der Waals surface area contributed by atoms with Crippen LogP contribution in [0.4, 0.5) is 11.4 Å². The van der Waals surface area contributed by atoms with Crippen molar-refractivity contribution in [3.63, 3.8) is 0 Å². The Bertz CT molecular complexity index is 1120. The highest BCUT2D eigenvalue weighted by molar-refractivity contribution is 7.89. The van der Waals surface area contributed by atoms with Gasteiger partial charge in [0.05, 0.1) is 28.6 Å². The Kier molecular flexibility index (Phi) is 5.31. The summed E-state index contributed by atoms with van der Waals surface area (Å²) in [7, 11) is -2.28. The number of nitrogens with one attached hydrogen (secondary N) is 1.